The molecule has 102 valence electrons. The van der Waals surface area contributed by atoms with Crippen LogP contribution < -0.4 is 5.32 Å². The van der Waals surface area contributed by atoms with Crippen molar-refractivity contribution < 1.29 is 0 Å². The minimum atomic E-state index is 0.402. The highest BCUT2D eigenvalue weighted by Gasteiger charge is 2.44. The molecule has 1 heteroatoms. The van der Waals surface area contributed by atoms with Crippen molar-refractivity contribution in [3.05, 3.63) is 0 Å². The van der Waals surface area contributed by atoms with Gasteiger partial charge in [-0.3, -0.25) is 0 Å². The molecule has 0 radical (unpaired) electrons. The molecule has 1 N–H and O–H groups in total. The summed E-state index contributed by atoms with van der Waals surface area (Å²) in [6.07, 6.45) is 7.84. The van der Waals surface area contributed by atoms with Gasteiger partial charge in [-0.2, -0.15) is 0 Å². The molecule has 0 aromatic carbocycles. The lowest BCUT2D eigenvalue weighted by molar-refractivity contribution is 0.0503. The third kappa shape index (κ3) is 3.05. The summed E-state index contributed by atoms with van der Waals surface area (Å²) >= 11 is 0. The SMILES string of the molecule is CCC1(CC)CC(C(C)C)CC(CC)(CC)N1. The molecule has 0 amide bonds. The molecule has 1 heterocycles. The number of hydrogen-bond donors (Lipinski definition) is 1. The predicted octanol–water partition coefficient (Wildman–Crippen LogP) is 4.76. The van der Waals surface area contributed by atoms with Gasteiger partial charge >= 0.3 is 0 Å². The fraction of sp³-hybridized carbons (Fsp3) is 1.00. The van der Waals surface area contributed by atoms with Gasteiger partial charge in [-0.1, -0.05) is 41.5 Å². The topological polar surface area (TPSA) is 12.0 Å². The Morgan fingerprint density at radius 2 is 1.24 bits per heavy atom. The first-order valence-electron chi connectivity index (χ1n) is 7.75. The Morgan fingerprint density at radius 3 is 1.47 bits per heavy atom. The number of nitrogens with one attached hydrogen (secondary N) is 1. The second-order valence-corrected chi connectivity index (χ2v) is 6.51. The van der Waals surface area contributed by atoms with Gasteiger partial charge in [-0.05, 0) is 50.4 Å². The van der Waals surface area contributed by atoms with Gasteiger partial charge in [0.15, 0.2) is 0 Å². The summed E-state index contributed by atoms with van der Waals surface area (Å²) < 4.78 is 0. The summed E-state index contributed by atoms with van der Waals surface area (Å²) in [7, 11) is 0. The van der Waals surface area contributed by atoms with Gasteiger partial charge in [-0.15, -0.1) is 0 Å². The molecule has 0 spiro atoms. The third-order valence-electron chi connectivity index (χ3n) is 5.49. The molecule has 0 unspecified atom stereocenters. The average molecular weight is 239 g/mol. The van der Waals surface area contributed by atoms with Crippen molar-refractivity contribution in [2.45, 2.75) is 91.1 Å². The van der Waals surface area contributed by atoms with Crippen LogP contribution in [0.25, 0.3) is 0 Å². The number of rotatable bonds is 5. The van der Waals surface area contributed by atoms with E-state index in [1.54, 1.807) is 0 Å². The van der Waals surface area contributed by atoms with Crippen LogP contribution in [0.3, 0.4) is 0 Å². The molecule has 0 saturated carbocycles. The van der Waals surface area contributed by atoms with Crippen LogP contribution in [0.15, 0.2) is 0 Å². The van der Waals surface area contributed by atoms with Crippen molar-refractivity contribution in [1.29, 1.82) is 0 Å². The minimum Gasteiger partial charge on any atom is -0.306 e. The van der Waals surface area contributed by atoms with Crippen molar-refractivity contribution in [1.82, 2.24) is 5.32 Å². The van der Waals surface area contributed by atoms with Crippen molar-refractivity contribution in [2.24, 2.45) is 11.8 Å². The zero-order chi connectivity index (χ0) is 13.1. The van der Waals surface area contributed by atoms with E-state index in [4.69, 9.17) is 0 Å². The van der Waals surface area contributed by atoms with E-state index < -0.39 is 0 Å². The lowest BCUT2D eigenvalue weighted by atomic mass is 9.66. The Balaban J connectivity index is 2.97. The van der Waals surface area contributed by atoms with Gasteiger partial charge in [0, 0.05) is 11.1 Å². The van der Waals surface area contributed by atoms with Crippen LogP contribution in [0, 0.1) is 11.8 Å². The van der Waals surface area contributed by atoms with E-state index in [9.17, 15) is 0 Å². The van der Waals surface area contributed by atoms with E-state index in [1.807, 2.05) is 0 Å². The smallest absolute Gasteiger partial charge is 0.0184 e. The first-order chi connectivity index (χ1) is 7.96. The van der Waals surface area contributed by atoms with Crippen LogP contribution in [0.4, 0.5) is 0 Å². The van der Waals surface area contributed by atoms with Crippen LogP contribution in [0.5, 0.6) is 0 Å². The van der Waals surface area contributed by atoms with E-state index in [0.29, 0.717) is 11.1 Å². The summed E-state index contributed by atoms with van der Waals surface area (Å²) in [6.45, 7) is 14.2. The highest BCUT2D eigenvalue weighted by molar-refractivity contribution is 5.03. The molecule has 1 aliphatic rings. The van der Waals surface area contributed by atoms with Crippen molar-refractivity contribution >= 4 is 0 Å². The van der Waals surface area contributed by atoms with Gasteiger partial charge in [0.25, 0.3) is 0 Å². The predicted molar refractivity (Wildman–Crippen MR) is 77.3 cm³/mol. The highest BCUT2D eigenvalue weighted by Crippen LogP contribution is 2.42. The third-order valence-corrected chi connectivity index (χ3v) is 5.49. The molecule has 17 heavy (non-hydrogen) atoms. The minimum absolute atomic E-state index is 0.402. The maximum Gasteiger partial charge on any atom is 0.0184 e. The molecule has 1 nitrogen and oxygen atoms in total. The fourth-order valence-corrected chi connectivity index (χ4v) is 3.64. The van der Waals surface area contributed by atoms with E-state index in [2.05, 4.69) is 46.9 Å². The summed E-state index contributed by atoms with van der Waals surface area (Å²) in [5, 5.41) is 4.06. The summed E-state index contributed by atoms with van der Waals surface area (Å²) in [5.74, 6) is 1.73. The molecule has 0 aromatic rings. The van der Waals surface area contributed by atoms with Gasteiger partial charge < -0.3 is 5.32 Å². The standard InChI is InChI=1S/C16H33N/c1-7-15(8-2)11-14(13(5)6)12-16(9-3,10-4)17-15/h13-14,17H,7-12H2,1-6H3. The highest BCUT2D eigenvalue weighted by atomic mass is 15.1. The van der Waals surface area contributed by atoms with Crippen LogP contribution in [0.2, 0.25) is 0 Å². The van der Waals surface area contributed by atoms with E-state index in [-0.39, 0.29) is 0 Å². The second-order valence-electron chi connectivity index (χ2n) is 6.51. The molecular weight excluding hydrogens is 206 g/mol. The molecule has 1 saturated heterocycles. The van der Waals surface area contributed by atoms with E-state index >= 15 is 0 Å². The van der Waals surface area contributed by atoms with E-state index in [1.165, 1.54) is 38.5 Å². The van der Waals surface area contributed by atoms with Crippen LogP contribution in [-0.2, 0) is 0 Å². The zero-order valence-electron chi connectivity index (χ0n) is 12.9. The van der Waals surface area contributed by atoms with Crippen molar-refractivity contribution in [3.63, 3.8) is 0 Å². The first-order valence-corrected chi connectivity index (χ1v) is 7.75. The van der Waals surface area contributed by atoms with Crippen molar-refractivity contribution in [2.75, 3.05) is 0 Å². The van der Waals surface area contributed by atoms with E-state index in [0.717, 1.165) is 11.8 Å². The van der Waals surface area contributed by atoms with Crippen LogP contribution in [-0.4, -0.2) is 11.1 Å². The molecule has 0 bridgehead atoms. The maximum absolute atomic E-state index is 4.06. The largest absolute Gasteiger partial charge is 0.306 e. The lowest BCUT2D eigenvalue weighted by Crippen LogP contribution is -2.63. The summed E-state index contributed by atoms with van der Waals surface area (Å²) in [6, 6.07) is 0. The molecule has 1 fully saturated rings. The number of piperidine rings is 1. The normalized spacial score (nSPS) is 24.2. The molecule has 0 aromatic heterocycles. The first kappa shape index (κ1) is 15.0. The Bertz CT molecular complexity index is 204. The Kier molecular flexibility index (Phi) is 5.07. The Hall–Kier alpha value is -0.0400. The van der Waals surface area contributed by atoms with Crippen LogP contribution in [0.1, 0.15) is 80.1 Å². The molecule has 1 aliphatic heterocycles. The second kappa shape index (κ2) is 5.73. The molecule has 0 aliphatic carbocycles. The monoisotopic (exact) mass is 239 g/mol. The summed E-state index contributed by atoms with van der Waals surface area (Å²) in [4.78, 5) is 0. The van der Waals surface area contributed by atoms with Crippen LogP contribution >= 0.6 is 0 Å². The maximum atomic E-state index is 4.06. The van der Waals surface area contributed by atoms with Gasteiger partial charge in [0.2, 0.25) is 0 Å². The number of hydrogen-bond acceptors (Lipinski definition) is 1. The quantitative estimate of drug-likeness (QED) is 0.729. The lowest BCUT2D eigenvalue weighted by Gasteiger charge is -2.53. The molecule has 0 atom stereocenters. The fourth-order valence-electron chi connectivity index (χ4n) is 3.64. The Morgan fingerprint density at radius 1 is 0.882 bits per heavy atom. The van der Waals surface area contributed by atoms with Gasteiger partial charge in [0.05, 0.1) is 0 Å². The summed E-state index contributed by atoms with van der Waals surface area (Å²) in [5.41, 5.74) is 0.804. The van der Waals surface area contributed by atoms with Crippen molar-refractivity contribution in [3.8, 4) is 0 Å². The van der Waals surface area contributed by atoms with Gasteiger partial charge in [0.1, 0.15) is 0 Å². The Labute approximate surface area is 109 Å². The average Bonchev–Trinajstić information content (AvgIpc) is 2.37. The molecular formula is C16H33N. The molecule has 1 rings (SSSR count). The van der Waals surface area contributed by atoms with Gasteiger partial charge in [-0.25, -0.2) is 0 Å². The zero-order valence-corrected chi connectivity index (χ0v) is 12.9.